The van der Waals surface area contributed by atoms with E-state index in [9.17, 15) is 5.11 Å². The molecule has 1 heterocycles. The Hall–Kier alpha value is -1.75. The fourth-order valence-electron chi connectivity index (χ4n) is 3.78. The number of likely N-dealkylation sites (N-methyl/N-ethyl adjacent to an activating group) is 1. The zero-order chi connectivity index (χ0) is 18.4. The van der Waals surface area contributed by atoms with Crippen LogP contribution in [0.1, 0.15) is 24.0 Å². The summed E-state index contributed by atoms with van der Waals surface area (Å²) < 4.78 is 11.4. The van der Waals surface area contributed by atoms with Gasteiger partial charge in [0.1, 0.15) is 24.1 Å². The van der Waals surface area contributed by atoms with E-state index in [0.29, 0.717) is 12.6 Å². The first-order valence-corrected chi connectivity index (χ1v) is 9.49. The van der Waals surface area contributed by atoms with E-state index >= 15 is 0 Å². The predicted molar refractivity (Wildman–Crippen MR) is 103 cm³/mol. The van der Waals surface area contributed by atoms with Crippen LogP contribution in [0.2, 0.25) is 0 Å². The molecule has 1 aliphatic rings. The standard InChI is InChI=1S/C22H29NO3.ClH/c1-23-16-20(24)15-19(23)12-13-26-22-9-4-3-7-18(22)11-10-17-6-5-8-21(14-17)25-2;/h3-9,14,19-20,24H,10-13,15-16H2,1-2H3;1H/t19-,20-;/m0./s1. The number of hydrogen-bond donors (Lipinski definition) is 2. The maximum atomic E-state index is 9.78. The van der Waals surface area contributed by atoms with Crippen LogP contribution in [0.15, 0.2) is 48.5 Å². The number of ether oxygens (including phenoxy) is 2. The lowest BCUT2D eigenvalue weighted by atomic mass is 10.0. The normalized spacial score (nSPS) is 21.5. The lowest BCUT2D eigenvalue weighted by molar-refractivity contribution is -0.893. The highest BCUT2D eigenvalue weighted by atomic mass is 35.5. The summed E-state index contributed by atoms with van der Waals surface area (Å²) in [6.07, 6.45) is 3.60. The van der Waals surface area contributed by atoms with Crippen molar-refractivity contribution in [2.24, 2.45) is 0 Å². The minimum absolute atomic E-state index is 0. The van der Waals surface area contributed by atoms with Crippen molar-refractivity contribution in [2.45, 2.75) is 37.8 Å². The van der Waals surface area contributed by atoms with Gasteiger partial charge in [0.25, 0.3) is 0 Å². The molecule has 2 N–H and O–H groups in total. The summed E-state index contributed by atoms with van der Waals surface area (Å²) >= 11 is 0. The minimum atomic E-state index is -0.157. The van der Waals surface area contributed by atoms with Gasteiger partial charge in [0.15, 0.2) is 0 Å². The summed E-state index contributed by atoms with van der Waals surface area (Å²) in [5.41, 5.74) is 2.51. The molecule has 1 fully saturated rings. The van der Waals surface area contributed by atoms with Crippen LogP contribution in [0.25, 0.3) is 0 Å². The van der Waals surface area contributed by atoms with Crippen LogP contribution >= 0.6 is 0 Å². The molecular formula is C22H30ClNO3. The fourth-order valence-corrected chi connectivity index (χ4v) is 3.78. The maximum Gasteiger partial charge on any atom is 0.122 e. The summed E-state index contributed by atoms with van der Waals surface area (Å²) in [7, 11) is 3.85. The second kappa shape index (κ2) is 10.5. The van der Waals surface area contributed by atoms with Crippen LogP contribution in [0.5, 0.6) is 11.5 Å². The van der Waals surface area contributed by atoms with Gasteiger partial charge in [0.05, 0.1) is 26.8 Å². The molecule has 0 aliphatic carbocycles. The van der Waals surface area contributed by atoms with E-state index in [-0.39, 0.29) is 18.5 Å². The van der Waals surface area contributed by atoms with Crippen molar-refractivity contribution in [3.63, 3.8) is 0 Å². The van der Waals surface area contributed by atoms with Gasteiger partial charge < -0.3 is 31.9 Å². The molecule has 1 aliphatic heterocycles. The van der Waals surface area contributed by atoms with E-state index in [1.54, 1.807) is 7.11 Å². The van der Waals surface area contributed by atoms with Crippen molar-refractivity contribution in [3.05, 3.63) is 59.7 Å². The number of para-hydroxylation sites is 1. The summed E-state index contributed by atoms with van der Waals surface area (Å²) in [4.78, 5) is 1.41. The fraction of sp³-hybridized carbons (Fsp3) is 0.455. The zero-order valence-electron chi connectivity index (χ0n) is 16.2. The first-order chi connectivity index (χ1) is 12.7. The second-order valence-corrected chi connectivity index (χ2v) is 7.23. The largest absolute Gasteiger partial charge is 1.00 e. The Kier molecular flexibility index (Phi) is 8.42. The number of aryl methyl sites for hydroxylation is 2. The molecule has 3 rings (SSSR count). The van der Waals surface area contributed by atoms with Crippen LogP contribution in [0.3, 0.4) is 0 Å². The van der Waals surface area contributed by atoms with Crippen molar-refractivity contribution in [1.29, 1.82) is 0 Å². The van der Waals surface area contributed by atoms with Gasteiger partial charge >= 0.3 is 0 Å². The smallest absolute Gasteiger partial charge is 0.122 e. The third kappa shape index (κ3) is 6.13. The molecule has 1 saturated heterocycles. The van der Waals surface area contributed by atoms with E-state index in [2.05, 4.69) is 37.4 Å². The molecule has 0 spiro atoms. The molecule has 0 radical (unpaired) electrons. The predicted octanol–water partition coefficient (Wildman–Crippen LogP) is -1.10. The van der Waals surface area contributed by atoms with Gasteiger partial charge in [-0.15, -0.1) is 0 Å². The van der Waals surface area contributed by atoms with Crippen LogP contribution < -0.4 is 26.8 Å². The molecule has 0 saturated carbocycles. The Bertz CT molecular complexity index is 709. The number of aliphatic hydroxyl groups excluding tert-OH is 1. The molecule has 2 aromatic carbocycles. The van der Waals surface area contributed by atoms with Crippen molar-refractivity contribution in [3.8, 4) is 11.5 Å². The average molecular weight is 392 g/mol. The summed E-state index contributed by atoms with van der Waals surface area (Å²) in [5.74, 6) is 1.88. The third-order valence-electron chi connectivity index (χ3n) is 5.32. The number of aliphatic hydroxyl groups is 1. The monoisotopic (exact) mass is 391 g/mol. The number of methoxy groups -OCH3 is 1. The topological polar surface area (TPSA) is 43.1 Å². The number of hydrogen-bond acceptors (Lipinski definition) is 3. The molecule has 0 bridgehead atoms. The van der Waals surface area contributed by atoms with Crippen LogP contribution in [0.4, 0.5) is 0 Å². The first kappa shape index (κ1) is 21.5. The Morgan fingerprint density at radius 3 is 2.67 bits per heavy atom. The van der Waals surface area contributed by atoms with Crippen molar-refractivity contribution in [1.82, 2.24) is 0 Å². The molecule has 2 aromatic rings. The Morgan fingerprint density at radius 2 is 1.93 bits per heavy atom. The van der Waals surface area contributed by atoms with Crippen molar-refractivity contribution in [2.75, 3.05) is 27.3 Å². The zero-order valence-corrected chi connectivity index (χ0v) is 16.9. The minimum Gasteiger partial charge on any atom is -1.00 e. The summed E-state index contributed by atoms with van der Waals surface area (Å²) in [5, 5.41) is 9.78. The van der Waals surface area contributed by atoms with Crippen LogP contribution in [-0.2, 0) is 12.8 Å². The molecule has 1 unspecified atom stereocenters. The highest BCUT2D eigenvalue weighted by Crippen LogP contribution is 2.22. The third-order valence-corrected chi connectivity index (χ3v) is 5.32. The Balaban J connectivity index is 0.00000261. The lowest BCUT2D eigenvalue weighted by Crippen LogP contribution is -3.11. The van der Waals surface area contributed by atoms with Crippen LogP contribution in [0, 0.1) is 0 Å². The molecule has 148 valence electrons. The highest BCUT2D eigenvalue weighted by Gasteiger charge is 2.31. The molecule has 0 aromatic heterocycles. The summed E-state index contributed by atoms with van der Waals surface area (Å²) in [6, 6.07) is 17.0. The quantitative estimate of drug-likeness (QED) is 0.600. The Morgan fingerprint density at radius 1 is 1.11 bits per heavy atom. The molecular weight excluding hydrogens is 362 g/mol. The maximum absolute atomic E-state index is 9.78. The van der Waals surface area contributed by atoms with Gasteiger partial charge in [0.2, 0.25) is 0 Å². The van der Waals surface area contributed by atoms with Crippen molar-refractivity contribution < 1.29 is 31.9 Å². The first-order valence-electron chi connectivity index (χ1n) is 9.49. The number of benzene rings is 2. The molecule has 5 heteroatoms. The van der Waals surface area contributed by atoms with Gasteiger partial charge in [-0.25, -0.2) is 0 Å². The van der Waals surface area contributed by atoms with E-state index in [1.165, 1.54) is 16.0 Å². The lowest BCUT2D eigenvalue weighted by Gasteiger charge is -2.17. The molecule has 4 nitrogen and oxygen atoms in total. The van der Waals surface area contributed by atoms with E-state index in [1.807, 2.05) is 18.2 Å². The van der Waals surface area contributed by atoms with Gasteiger partial charge in [-0.1, -0.05) is 30.3 Å². The Labute approximate surface area is 168 Å². The van der Waals surface area contributed by atoms with E-state index in [4.69, 9.17) is 9.47 Å². The number of nitrogens with one attached hydrogen (secondary N) is 1. The van der Waals surface area contributed by atoms with Gasteiger partial charge in [-0.3, -0.25) is 0 Å². The number of likely N-dealkylation sites (tertiary alicyclic amines) is 1. The number of quaternary nitrogens is 1. The number of halogens is 1. The highest BCUT2D eigenvalue weighted by molar-refractivity contribution is 5.35. The van der Waals surface area contributed by atoms with Gasteiger partial charge in [-0.05, 0) is 42.2 Å². The molecule has 0 amide bonds. The average Bonchev–Trinajstić information content (AvgIpc) is 2.98. The van der Waals surface area contributed by atoms with Gasteiger partial charge in [0, 0.05) is 12.8 Å². The summed E-state index contributed by atoms with van der Waals surface area (Å²) in [6.45, 7) is 1.55. The van der Waals surface area contributed by atoms with Gasteiger partial charge in [-0.2, -0.15) is 0 Å². The van der Waals surface area contributed by atoms with Crippen LogP contribution in [-0.4, -0.2) is 44.6 Å². The van der Waals surface area contributed by atoms with E-state index in [0.717, 1.165) is 43.7 Å². The second-order valence-electron chi connectivity index (χ2n) is 7.23. The number of rotatable bonds is 8. The SMILES string of the molecule is COc1cccc(CCc2ccccc2OCC[C@H]2C[C@H](O)C[NH+]2C)c1.[Cl-]. The molecule has 27 heavy (non-hydrogen) atoms. The van der Waals surface area contributed by atoms with E-state index < -0.39 is 0 Å². The molecule has 3 atom stereocenters. The van der Waals surface area contributed by atoms with Crippen molar-refractivity contribution >= 4 is 0 Å².